The fourth-order valence-corrected chi connectivity index (χ4v) is 3.07. The predicted molar refractivity (Wildman–Crippen MR) is 72.6 cm³/mol. The van der Waals surface area contributed by atoms with Gasteiger partial charge in [-0.05, 0) is 23.7 Å². The lowest BCUT2D eigenvalue weighted by Crippen LogP contribution is -2.17. The SMILES string of the molecule is CCSc1nc2c(nc1SCC)C(=O)C=CC2=O. The number of nitrogens with zero attached hydrogens (tertiary/aromatic N) is 2. The first-order valence-corrected chi connectivity index (χ1v) is 7.58. The van der Waals surface area contributed by atoms with Gasteiger partial charge in [-0.15, -0.1) is 23.5 Å². The molecule has 1 heterocycles. The van der Waals surface area contributed by atoms with Gasteiger partial charge >= 0.3 is 0 Å². The fraction of sp³-hybridized carbons (Fsp3) is 0.333. The lowest BCUT2D eigenvalue weighted by molar-refractivity contribution is 0.0985. The van der Waals surface area contributed by atoms with Gasteiger partial charge in [0.2, 0.25) is 11.6 Å². The quantitative estimate of drug-likeness (QED) is 0.790. The molecule has 2 rings (SSSR count). The largest absolute Gasteiger partial charge is 0.287 e. The second kappa shape index (κ2) is 5.67. The molecule has 0 atom stereocenters. The summed E-state index contributed by atoms with van der Waals surface area (Å²) < 4.78 is 0. The highest BCUT2D eigenvalue weighted by atomic mass is 32.2. The summed E-state index contributed by atoms with van der Waals surface area (Å²) in [5.74, 6) is 1.21. The Morgan fingerprint density at radius 1 is 0.889 bits per heavy atom. The number of thioether (sulfide) groups is 2. The maximum Gasteiger partial charge on any atom is 0.206 e. The molecule has 0 spiro atoms. The van der Waals surface area contributed by atoms with Crippen LogP contribution in [0.2, 0.25) is 0 Å². The summed E-state index contributed by atoms with van der Waals surface area (Å²) in [6.07, 6.45) is 2.51. The third kappa shape index (κ3) is 2.49. The van der Waals surface area contributed by atoms with E-state index in [1.807, 2.05) is 13.8 Å². The lowest BCUT2D eigenvalue weighted by Gasteiger charge is -2.12. The number of hydrogen-bond donors (Lipinski definition) is 0. The zero-order chi connectivity index (χ0) is 13.1. The lowest BCUT2D eigenvalue weighted by atomic mass is 10.1. The van der Waals surface area contributed by atoms with Gasteiger partial charge in [0.1, 0.15) is 21.4 Å². The van der Waals surface area contributed by atoms with Gasteiger partial charge in [-0.3, -0.25) is 9.59 Å². The minimum Gasteiger partial charge on any atom is -0.287 e. The molecule has 0 N–H and O–H groups in total. The number of fused-ring (bicyclic) bond motifs is 1. The maximum atomic E-state index is 11.7. The van der Waals surface area contributed by atoms with Crippen LogP contribution in [-0.4, -0.2) is 33.0 Å². The third-order valence-electron chi connectivity index (χ3n) is 2.25. The Hall–Kier alpha value is -1.14. The molecule has 0 unspecified atom stereocenters. The zero-order valence-electron chi connectivity index (χ0n) is 10.1. The third-order valence-corrected chi connectivity index (χ3v) is 4.07. The van der Waals surface area contributed by atoms with Gasteiger partial charge < -0.3 is 0 Å². The van der Waals surface area contributed by atoms with E-state index in [-0.39, 0.29) is 23.0 Å². The topological polar surface area (TPSA) is 59.9 Å². The van der Waals surface area contributed by atoms with Gasteiger partial charge in [0.25, 0.3) is 0 Å². The van der Waals surface area contributed by atoms with Crippen LogP contribution in [0.3, 0.4) is 0 Å². The molecule has 1 aliphatic rings. The highest BCUT2D eigenvalue weighted by Gasteiger charge is 2.24. The summed E-state index contributed by atoms with van der Waals surface area (Å²) >= 11 is 3.07. The van der Waals surface area contributed by atoms with Crippen LogP contribution in [-0.2, 0) is 0 Å². The zero-order valence-corrected chi connectivity index (χ0v) is 11.7. The molecule has 1 aromatic heterocycles. The minimum atomic E-state index is -0.247. The van der Waals surface area contributed by atoms with Gasteiger partial charge in [0.05, 0.1) is 0 Å². The molecule has 0 aromatic carbocycles. The molecule has 0 saturated carbocycles. The number of hydrogen-bond acceptors (Lipinski definition) is 6. The molecule has 0 aliphatic heterocycles. The predicted octanol–water partition coefficient (Wildman–Crippen LogP) is 2.64. The summed E-state index contributed by atoms with van der Waals surface area (Å²) in [6.45, 7) is 4.03. The van der Waals surface area contributed by atoms with E-state index in [0.717, 1.165) is 21.6 Å². The number of ketones is 2. The van der Waals surface area contributed by atoms with E-state index in [9.17, 15) is 9.59 Å². The normalized spacial score (nSPS) is 13.9. The van der Waals surface area contributed by atoms with Gasteiger partial charge in [-0.2, -0.15) is 0 Å². The Labute approximate surface area is 114 Å². The van der Waals surface area contributed by atoms with Crippen molar-refractivity contribution in [2.45, 2.75) is 23.9 Å². The second-order valence-corrected chi connectivity index (χ2v) is 5.96. The van der Waals surface area contributed by atoms with Crippen LogP contribution in [0.4, 0.5) is 0 Å². The van der Waals surface area contributed by atoms with Gasteiger partial charge in [0.15, 0.2) is 0 Å². The van der Waals surface area contributed by atoms with Crippen LogP contribution >= 0.6 is 23.5 Å². The standard InChI is InChI=1S/C12H12N2O2S2/c1-3-17-11-12(18-4-2)14-10-8(16)6-5-7(15)9(10)13-11/h5-6H,3-4H2,1-2H3. The number of allylic oxidation sites excluding steroid dienone is 2. The molecule has 0 amide bonds. The van der Waals surface area contributed by atoms with Crippen LogP contribution in [0.5, 0.6) is 0 Å². The molecular formula is C12H12N2O2S2. The van der Waals surface area contributed by atoms with E-state index >= 15 is 0 Å². The Bertz CT molecular complexity index is 494. The molecule has 0 saturated heterocycles. The molecule has 18 heavy (non-hydrogen) atoms. The summed E-state index contributed by atoms with van der Waals surface area (Å²) in [7, 11) is 0. The Morgan fingerprint density at radius 3 is 1.61 bits per heavy atom. The number of rotatable bonds is 4. The van der Waals surface area contributed by atoms with Gasteiger partial charge in [0, 0.05) is 0 Å². The van der Waals surface area contributed by atoms with Crippen molar-refractivity contribution in [2.75, 3.05) is 11.5 Å². The molecule has 1 aromatic rings. The Kier molecular flexibility index (Phi) is 4.19. The second-order valence-electron chi connectivity index (χ2n) is 3.46. The first-order valence-electron chi connectivity index (χ1n) is 5.61. The molecule has 6 heteroatoms. The first kappa shape index (κ1) is 13.3. The molecular weight excluding hydrogens is 268 g/mol. The summed E-state index contributed by atoms with van der Waals surface area (Å²) in [5, 5.41) is 1.47. The Morgan fingerprint density at radius 2 is 1.28 bits per heavy atom. The summed E-state index contributed by atoms with van der Waals surface area (Å²) in [4.78, 5) is 32.0. The van der Waals surface area contributed by atoms with Gasteiger partial charge in [-0.25, -0.2) is 9.97 Å². The van der Waals surface area contributed by atoms with E-state index in [2.05, 4.69) is 9.97 Å². The molecule has 94 valence electrons. The van der Waals surface area contributed by atoms with E-state index < -0.39 is 0 Å². The van der Waals surface area contributed by atoms with Crippen LogP contribution in [0.1, 0.15) is 34.8 Å². The van der Waals surface area contributed by atoms with E-state index in [1.54, 1.807) is 0 Å². The maximum absolute atomic E-state index is 11.7. The average Bonchev–Trinajstić information content (AvgIpc) is 2.36. The van der Waals surface area contributed by atoms with Crippen molar-refractivity contribution in [1.82, 2.24) is 9.97 Å². The average molecular weight is 280 g/mol. The molecule has 1 aliphatic carbocycles. The molecule has 0 radical (unpaired) electrons. The van der Waals surface area contributed by atoms with Crippen molar-refractivity contribution in [3.8, 4) is 0 Å². The van der Waals surface area contributed by atoms with Crippen LogP contribution in [0.25, 0.3) is 0 Å². The van der Waals surface area contributed by atoms with Crippen molar-refractivity contribution in [2.24, 2.45) is 0 Å². The van der Waals surface area contributed by atoms with E-state index in [0.29, 0.717) is 0 Å². The van der Waals surface area contributed by atoms with Crippen LogP contribution in [0, 0.1) is 0 Å². The van der Waals surface area contributed by atoms with Crippen molar-refractivity contribution in [1.29, 1.82) is 0 Å². The van der Waals surface area contributed by atoms with Crippen molar-refractivity contribution >= 4 is 35.1 Å². The molecule has 4 nitrogen and oxygen atoms in total. The van der Waals surface area contributed by atoms with Crippen LogP contribution < -0.4 is 0 Å². The summed E-state index contributed by atoms with van der Waals surface area (Å²) in [5.41, 5.74) is 0.359. The van der Waals surface area contributed by atoms with E-state index in [1.165, 1.54) is 35.7 Å². The molecule has 0 bridgehead atoms. The highest BCUT2D eigenvalue weighted by Crippen LogP contribution is 2.29. The molecule has 0 fully saturated rings. The van der Waals surface area contributed by atoms with Crippen molar-refractivity contribution in [3.63, 3.8) is 0 Å². The smallest absolute Gasteiger partial charge is 0.206 e. The monoisotopic (exact) mass is 280 g/mol. The number of carbonyl (C=O) groups excluding carboxylic acids is 2. The number of aromatic nitrogens is 2. The first-order chi connectivity index (χ1) is 8.67. The summed E-state index contributed by atoms with van der Waals surface area (Å²) in [6, 6.07) is 0. The van der Waals surface area contributed by atoms with E-state index in [4.69, 9.17) is 0 Å². The van der Waals surface area contributed by atoms with Gasteiger partial charge in [-0.1, -0.05) is 13.8 Å². The number of carbonyl (C=O) groups is 2. The van der Waals surface area contributed by atoms with Crippen molar-refractivity contribution in [3.05, 3.63) is 23.5 Å². The van der Waals surface area contributed by atoms with Crippen LogP contribution in [0.15, 0.2) is 22.2 Å². The highest BCUT2D eigenvalue weighted by molar-refractivity contribution is 8.02. The Balaban J connectivity index is 2.54. The van der Waals surface area contributed by atoms with Crippen molar-refractivity contribution < 1.29 is 9.59 Å². The fourth-order valence-electron chi connectivity index (χ4n) is 1.52. The minimum absolute atomic E-state index is 0.180.